The summed E-state index contributed by atoms with van der Waals surface area (Å²) >= 11 is 0. The van der Waals surface area contributed by atoms with Crippen LogP contribution in [0.3, 0.4) is 0 Å². The average Bonchev–Trinajstić information content (AvgIpc) is 3.54. The monoisotopic (exact) mass is 630 g/mol. The second-order valence-corrected chi connectivity index (χ2v) is 14.8. The molecule has 0 aromatic rings. The number of hydrogen-bond acceptors (Lipinski definition) is 3. The Morgan fingerprint density at radius 1 is 0.467 bits per heavy atom. The molecular formula is C42H79NO2. The standard InChI is InChI=1S/C42H79NO2/c1-3-5-7-9-11-13-15-17-19-21-23-25-27-29-31-33-35-42(44-40-37-39(43)38-41(40)45-42)36-34-32-30-28-26-24-22-20-18-16-14-12-10-8-6-4-2/h11,13,17,19,39-41H,3-10,12,14-16,18,20-38,43H2,1-2H3/b13-11-,19-17-/t39?,40-,41+,42?. The van der Waals surface area contributed by atoms with Gasteiger partial charge in [-0.1, -0.05) is 173 Å². The van der Waals surface area contributed by atoms with E-state index >= 15 is 0 Å². The normalized spacial score (nSPS) is 23.2. The molecule has 3 nitrogen and oxygen atoms in total. The Labute approximate surface area is 282 Å². The van der Waals surface area contributed by atoms with Crippen LogP contribution in [-0.2, 0) is 9.47 Å². The molecule has 0 aromatic carbocycles. The number of hydrogen-bond donors (Lipinski definition) is 1. The quantitative estimate of drug-likeness (QED) is 0.0595. The maximum absolute atomic E-state index is 6.68. The van der Waals surface area contributed by atoms with Gasteiger partial charge in [0, 0.05) is 18.9 Å². The van der Waals surface area contributed by atoms with E-state index in [9.17, 15) is 0 Å². The molecule has 0 radical (unpaired) electrons. The second-order valence-electron chi connectivity index (χ2n) is 14.8. The fourth-order valence-corrected chi connectivity index (χ4v) is 7.51. The summed E-state index contributed by atoms with van der Waals surface area (Å²) in [5.74, 6) is -0.319. The minimum absolute atomic E-state index is 0.241. The third-order valence-corrected chi connectivity index (χ3v) is 10.4. The van der Waals surface area contributed by atoms with Crippen molar-refractivity contribution in [2.75, 3.05) is 0 Å². The number of rotatable bonds is 32. The summed E-state index contributed by atoms with van der Waals surface area (Å²) in [4.78, 5) is 0. The highest BCUT2D eigenvalue weighted by Crippen LogP contribution is 2.43. The van der Waals surface area contributed by atoms with Gasteiger partial charge in [-0.2, -0.15) is 0 Å². The third-order valence-electron chi connectivity index (χ3n) is 10.4. The van der Waals surface area contributed by atoms with E-state index in [2.05, 4.69) is 38.2 Å². The van der Waals surface area contributed by atoms with Gasteiger partial charge < -0.3 is 15.2 Å². The van der Waals surface area contributed by atoms with Crippen molar-refractivity contribution in [3.63, 3.8) is 0 Å². The molecule has 4 atom stereocenters. The smallest absolute Gasteiger partial charge is 0.169 e. The number of ether oxygens (including phenoxy) is 2. The Morgan fingerprint density at radius 2 is 0.800 bits per heavy atom. The number of nitrogens with two attached hydrogens (primary N) is 1. The van der Waals surface area contributed by atoms with Crippen LogP contribution in [0, 0.1) is 0 Å². The Balaban J connectivity index is 1.46. The van der Waals surface area contributed by atoms with Gasteiger partial charge in [-0.25, -0.2) is 0 Å². The molecule has 1 aliphatic carbocycles. The maximum atomic E-state index is 6.68. The van der Waals surface area contributed by atoms with Crippen molar-refractivity contribution in [2.24, 2.45) is 5.73 Å². The van der Waals surface area contributed by atoms with E-state index in [1.165, 1.54) is 173 Å². The highest BCUT2D eigenvalue weighted by atomic mass is 16.8. The predicted molar refractivity (Wildman–Crippen MR) is 198 cm³/mol. The lowest BCUT2D eigenvalue weighted by molar-refractivity contribution is -0.191. The lowest BCUT2D eigenvalue weighted by Gasteiger charge is -2.30. The summed E-state index contributed by atoms with van der Waals surface area (Å²) in [5, 5.41) is 0. The third kappa shape index (κ3) is 21.1. The second kappa shape index (κ2) is 28.4. The van der Waals surface area contributed by atoms with Crippen LogP contribution >= 0.6 is 0 Å². The molecular weight excluding hydrogens is 550 g/mol. The molecule has 2 fully saturated rings. The number of unbranched alkanes of at least 4 members (excludes halogenated alkanes) is 24. The molecule has 1 heterocycles. The predicted octanol–water partition coefficient (Wildman–Crippen LogP) is 13.4. The first-order chi connectivity index (χ1) is 22.2. The van der Waals surface area contributed by atoms with Crippen molar-refractivity contribution in [1.82, 2.24) is 0 Å². The van der Waals surface area contributed by atoms with E-state index in [4.69, 9.17) is 15.2 Å². The van der Waals surface area contributed by atoms with Gasteiger partial charge in [-0.05, 0) is 57.8 Å². The Kier molecular flexibility index (Phi) is 25.6. The van der Waals surface area contributed by atoms with E-state index in [-0.39, 0.29) is 24.0 Å². The molecule has 1 saturated carbocycles. The van der Waals surface area contributed by atoms with Crippen LogP contribution in [0.2, 0.25) is 0 Å². The first-order valence-electron chi connectivity index (χ1n) is 20.6. The topological polar surface area (TPSA) is 44.5 Å². The zero-order valence-corrected chi connectivity index (χ0v) is 30.6. The van der Waals surface area contributed by atoms with Crippen LogP contribution in [0.25, 0.3) is 0 Å². The molecule has 264 valence electrons. The molecule has 1 aliphatic heterocycles. The molecule has 45 heavy (non-hydrogen) atoms. The van der Waals surface area contributed by atoms with Gasteiger partial charge in [0.1, 0.15) is 0 Å². The van der Waals surface area contributed by atoms with Gasteiger partial charge >= 0.3 is 0 Å². The van der Waals surface area contributed by atoms with Crippen molar-refractivity contribution in [2.45, 2.75) is 243 Å². The fourth-order valence-electron chi connectivity index (χ4n) is 7.51. The summed E-state index contributed by atoms with van der Waals surface area (Å²) in [7, 11) is 0. The maximum Gasteiger partial charge on any atom is 0.169 e. The summed E-state index contributed by atoms with van der Waals surface area (Å²) in [6, 6.07) is 0.260. The fraction of sp³-hybridized carbons (Fsp3) is 0.905. The molecule has 0 amide bonds. The van der Waals surface area contributed by atoms with Gasteiger partial charge in [-0.15, -0.1) is 0 Å². The first kappa shape index (κ1) is 40.5. The van der Waals surface area contributed by atoms with Crippen molar-refractivity contribution >= 4 is 0 Å². The molecule has 2 rings (SSSR count). The van der Waals surface area contributed by atoms with Crippen LogP contribution in [0.5, 0.6) is 0 Å². The molecule has 0 bridgehead atoms. The Morgan fingerprint density at radius 3 is 1.22 bits per heavy atom. The van der Waals surface area contributed by atoms with Gasteiger partial charge in [0.15, 0.2) is 5.79 Å². The SMILES string of the molecule is CCCCC/C=C\C/C=C\CCCCCCCCC1(CCCCCCCCCCCCCCCCCC)O[C@H]2CC(N)C[C@H]2O1. The molecule has 2 N–H and O–H groups in total. The van der Waals surface area contributed by atoms with Crippen molar-refractivity contribution in [3.8, 4) is 0 Å². The van der Waals surface area contributed by atoms with Crippen molar-refractivity contribution in [3.05, 3.63) is 24.3 Å². The minimum atomic E-state index is -0.319. The lowest BCUT2D eigenvalue weighted by Crippen LogP contribution is -2.33. The zero-order chi connectivity index (χ0) is 32.1. The van der Waals surface area contributed by atoms with Gasteiger partial charge in [-0.3, -0.25) is 0 Å². The lowest BCUT2D eigenvalue weighted by atomic mass is 9.98. The van der Waals surface area contributed by atoms with Crippen molar-refractivity contribution in [1.29, 1.82) is 0 Å². The molecule has 0 spiro atoms. The summed E-state index contributed by atoms with van der Waals surface area (Å²) in [5.41, 5.74) is 6.23. The van der Waals surface area contributed by atoms with Crippen LogP contribution < -0.4 is 5.73 Å². The van der Waals surface area contributed by atoms with Gasteiger partial charge in [0.2, 0.25) is 0 Å². The van der Waals surface area contributed by atoms with Crippen LogP contribution in [-0.4, -0.2) is 24.0 Å². The van der Waals surface area contributed by atoms with Gasteiger partial charge in [0.05, 0.1) is 12.2 Å². The summed E-state index contributed by atoms with van der Waals surface area (Å²) in [6.07, 6.45) is 52.2. The molecule has 2 aliphatic rings. The average molecular weight is 630 g/mol. The Hall–Kier alpha value is -0.640. The van der Waals surface area contributed by atoms with Crippen LogP contribution in [0.4, 0.5) is 0 Å². The molecule has 1 saturated heterocycles. The van der Waals surface area contributed by atoms with Crippen LogP contribution in [0.15, 0.2) is 24.3 Å². The van der Waals surface area contributed by atoms with E-state index in [0.717, 1.165) is 32.1 Å². The first-order valence-corrected chi connectivity index (χ1v) is 20.6. The van der Waals surface area contributed by atoms with Gasteiger partial charge in [0.25, 0.3) is 0 Å². The van der Waals surface area contributed by atoms with E-state index < -0.39 is 0 Å². The highest BCUT2D eigenvalue weighted by Gasteiger charge is 2.50. The van der Waals surface area contributed by atoms with Crippen LogP contribution in [0.1, 0.15) is 219 Å². The summed E-state index contributed by atoms with van der Waals surface area (Å²) < 4.78 is 13.4. The largest absolute Gasteiger partial charge is 0.344 e. The minimum Gasteiger partial charge on any atom is -0.344 e. The molecule has 3 heteroatoms. The number of allylic oxidation sites excluding steroid dienone is 4. The van der Waals surface area contributed by atoms with E-state index in [1.54, 1.807) is 0 Å². The molecule has 0 aromatic heterocycles. The Bertz CT molecular complexity index is 689. The number of fused-ring (bicyclic) bond motifs is 1. The van der Waals surface area contributed by atoms with E-state index in [0.29, 0.717) is 0 Å². The summed E-state index contributed by atoms with van der Waals surface area (Å²) in [6.45, 7) is 4.57. The van der Waals surface area contributed by atoms with Crippen molar-refractivity contribution < 1.29 is 9.47 Å². The van der Waals surface area contributed by atoms with E-state index in [1.807, 2.05) is 0 Å². The molecule has 2 unspecified atom stereocenters. The zero-order valence-electron chi connectivity index (χ0n) is 30.6. The highest BCUT2D eigenvalue weighted by molar-refractivity contribution is 4.95.